The number of rotatable bonds is 3. The summed E-state index contributed by atoms with van der Waals surface area (Å²) in [6.45, 7) is 2.59. The topological polar surface area (TPSA) is 50.9 Å². The van der Waals surface area contributed by atoms with Gasteiger partial charge in [-0.25, -0.2) is 0 Å². The van der Waals surface area contributed by atoms with E-state index >= 15 is 0 Å². The van der Waals surface area contributed by atoms with Crippen LogP contribution in [0.4, 0.5) is 5.69 Å². The van der Waals surface area contributed by atoms with E-state index in [0.717, 1.165) is 16.6 Å². The number of nitrogens with one attached hydrogen (secondary N) is 1. The molecule has 1 unspecified atom stereocenters. The van der Waals surface area contributed by atoms with Crippen molar-refractivity contribution in [3.63, 3.8) is 0 Å². The molecule has 84 valence electrons. The van der Waals surface area contributed by atoms with Crippen molar-refractivity contribution in [2.24, 2.45) is 5.73 Å². The molecule has 0 fully saturated rings. The fourth-order valence-electron chi connectivity index (χ4n) is 1.59. The standard InChI is InChI=1S/C12H14ClN3/c1-8(7-14)16-11-6-10(13)5-9-3-2-4-15-12(9)11/h2-6,8,16H,7,14H2,1H3. The quantitative estimate of drug-likeness (QED) is 0.860. The van der Waals surface area contributed by atoms with E-state index in [1.165, 1.54) is 0 Å². The lowest BCUT2D eigenvalue weighted by Crippen LogP contribution is -2.25. The fourth-order valence-corrected chi connectivity index (χ4v) is 1.82. The van der Waals surface area contributed by atoms with Crippen LogP contribution in [0.3, 0.4) is 0 Å². The number of fused-ring (bicyclic) bond motifs is 1. The highest BCUT2D eigenvalue weighted by Gasteiger charge is 2.06. The molecular weight excluding hydrogens is 222 g/mol. The van der Waals surface area contributed by atoms with Crippen molar-refractivity contribution in [3.05, 3.63) is 35.5 Å². The summed E-state index contributed by atoms with van der Waals surface area (Å²) >= 11 is 6.05. The summed E-state index contributed by atoms with van der Waals surface area (Å²) in [4.78, 5) is 4.35. The summed E-state index contributed by atoms with van der Waals surface area (Å²) in [5, 5.41) is 5.03. The average molecular weight is 236 g/mol. The number of anilines is 1. The molecule has 16 heavy (non-hydrogen) atoms. The minimum atomic E-state index is 0.198. The molecule has 2 rings (SSSR count). The second-order valence-corrected chi connectivity index (χ2v) is 4.25. The van der Waals surface area contributed by atoms with Gasteiger partial charge in [0.2, 0.25) is 0 Å². The summed E-state index contributed by atoms with van der Waals surface area (Å²) < 4.78 is 0. The maximum atomic E-state index is 6.05. The Morgan fingerprint density at radius 2 is 2.31 bits per heavy atom. The van der Waals surface area contributed by atoms with E-state index in [1.807, 2.05) is 31.2 Å². The Balaban J connectivity index is 2.50. The third-order valence-corrected chi connectivity index (χ3v) is 2.64. The van der Waals surface area contributed by atoms with Crippen molar-refractivity contribution in [1.29, 1.82) is 0 Å². The Kier molecular flexibility index (Phi) is 3.27. The van der Waals surface area contributed by atoms with Crippen LogP contribution in [-0.2, 0) is 0 Å². The van der Waals surface area contributed by atoms with E-state index in [4.69, 9.17) is 17.3 Å². The number of hydrogen-bond donors (Lipinski definition) is 2. The van der Waals surface area contributed by atoms with Crippen LogP contribution in [0, 0.1) is 0 Å². The van der Waals surface area contributed by atoms with Gasteiger partial charge >= 0.3 is 0 Å². The first-order valence-corrected chi connectivity index (χ1v) is 5.59. The van der Waals surface area contributed by atoms with Crippen LogP contribution in [0.25, 0.3) is 10.9 Å². The smallest absolute Gasteiger partial charge is 0.0934 e. The molecule has 1 heterocycles. The Bertz CT molecular complexity index is 499. The van der Waals surface area contributed by atoms with Crippen molar-refractivity contribution in [3.8, 4) is 0 Å². The van der Waals surface area contributed by atoms with E-state index < -0.39 is 0 Å². The molecule has 3 N–H and O–H groups in total. The highest BCUT2D eigenvalue weighted by Crippen LogP contribution is 2.26. The number of nitrogens with two attached hydrogens (primary N) is 1. The van der Waals surface area contributed by atoms with Gasteiger partial charge in [-0.2, -0.15) is 0 Å². The minimum absolute atomic E-state index is 0.198. The first-order chi connectivity index (χ1) is 7.70. The summed E-state index contributed by atoms with van der Waals surface area (Å²) in [7, 11) is 0. The van der Waals surface area contributed by atoms with E-state index in [1.54, 1.807) is 6.20 Å². The summed E-state index contributed by atoms with van der Waals surface area (Å²) in [6.07, 6.45) is 1.77. The summed E-state index contributed by atoms with van der Waals surface area (Å²) in [5.74, 6) is 0. The predicted octanol–water partition coefficient (Wildman–Crippen LogP) is 2.65. The molecule has 1 aromatic heterocycles. The molecule has 0 radical (unpaired) electrons. The van der Waals surface area contributed by atoms with Crippen LogP contribution in [0.5, 0.6) is 0 Å². The Morgan fingerprint density at radius 1 is 1.50 bits per heavy atom. The van der Waals surface area contributed by atoms with Crippen molar-refractivity contribution in [2.75, 3.05) is 11.9 Å². The molecule has 3 nitrogen and oxygen atoms in total. The van der Waals surface area contributed by atoms with Crippen molar-refractivity contribution < 1.29 is 0 Å². The summed E-state index contributed by atoms with van der Waals surface area (Å²) in [6, 6.07) is 7.87. The van der Waals surface area contributed by atoms with Gasteiger partial charge in [-0.3, -0.25) is 4.98 Å². The van der Waals surface area contributed by atoms with E-state index in [-0.39, 0.29) is 6.04 Å². The molecule has 2 aromatic rings. The molecule has 0 aliphatic heterocycles. The molecule has 0 aliphatic carbocycles. The van der Waals surface area contributed by atoms with Crippen LogP contribution >= 0.6 is 11.6 Å². The average Bonchev–Trinajstić information content (AvgIpc) is 2.28. The van der Waals surface area contributed by atoms with Crippen molar-refractivity contribution in [1.82, 2.24) is 4.98 Å². The molecular formula is C12H14ClN3. The number of hydrogen-bond acceptors (Lipinski definition) is 3. The molecule has 4 heteroatoms. The molecule has 0 saturated heterocycles. The highest BCUT2D eigenvalue weighted by atomic mass is 35.5. The van der Waals surface area contributed by atoms with Crippen LogP contribution in [0.15, 0.2) is 30.5 Å². The largest absolute Gasteiger partial charge is 0.380 e. The van der Waals surface area contributed by atoms with Gasteiger partial charge in [-0.1, -0.05) is 17.7 Å². The van der Waals surface area contributed by atoms with E-state index in [9.17, 15) is 0 Å². The van der Waals surface area contributed by atoms with Crippen LogP contribution < -0.4 is 11.1 Å². The zero-order chi connectivity index (χ0) is 11.5. The van der Waals surface area contributed by atoms with Gasteiger partial charge in [0.1, 0.15) is 0 Å². The zero-order valence-electron chi connectivity index (χ0n) is 9.07. The molecule has 0 saturated carbocycles. The second kappa shape index (κ2) is 4.68. The van der Waals surface area contributed by atoms with Gasteiger partial charge in [0, 0.05) is 29.2 Å². The fraction of sp³-hybridized carbons (Fsp3) is 0.250. The molecule has 0 bridgehead atoms. The molecule has 1 aromatic carbocycles. The monoisotopic (exact) mass is 235 g/mol. The normalized spacial score (nSPS) is 12.7. The van der Waals surface area contributed by atoms with Gasteiger partial charge in [-0.15, -0.1) is 0 Å². The lowest BCUT2D eigenvalue weighted by atomic mass is 10.2. The summed E-state index contributed by atoms with van der Waals surface area (Å²) in [5.41, 5.74) is 7.44. The molecule has 0 spiro atoms. The zero-order valence-corrected chi connectivity index (χ0v) is 9.83. The van der Waals surface area contributed by atoms with Crippen LogP contribution in [0.2, 0.25) is 5.02 Å². The Hall–Kier alpha value is -1.32. The number of halogens is 1. The van der Waals surface area contributed by atoms with E-state index in [2.05, 4.69) is 10.3 Å². The van der Waals surface area contributed by atoms with Crippen LogP contribution in [-0.4, -0.2) is 17.6 Å². The Labute approximate surface area is 99.6 Å². The molecule has 1 atom stereocenters. The van der Waals surface area contributed by atoms with E-state index in [0.29, 0.717) is 11.6 Å². The molecule has 0 aliphatic rings. The number of benzene rings is 1. The number of pyridine rings is 1. The second-order valence-electron chi connectivity index (χ2n) is 3.81. The first kappa shape index (κ1) is 11.2. The third-order valence-electron chi connectivity index (χ3n) is 2.43. The third kappa shape index (κ3) is 2.26. The van der Waals surface area contributed by atoms with Crippen molar-refractivity contribution in [2.45, 2.75) is 13.0 Å². The number of nitrogens with zero attached hydrogens (tertiary/aromatic N) is 1. The maximum Gasteiger partial charge on any atom is 0.0934 e. The Morgan fingerprint density at radius 3 is 3.06 bits per heavy atom. The lowest BCUT2D eigenvalue weighted by Gasteiger charge is -2.14. The first-order valence-electron chi connectivity index (χ1n) is 5.21. The minimum Gasteiger partial charge on any atom is -0.380 e. The SMILES string of the molecule is CC(CN)Nc1cc(Cl)cc2cccnc12. The van der Waals surface area contributed by atoms with Gasteiger partial charge in [0.15, 0.2) is 0 Å². The maximum absolute atomic E-state index is 6.05. The van der Waals surface area contributed by atoms with Gasteiger partial charge in [0.05, 0.1) is 11.2 Å². The van der Waals surface area contributed by atoms with Gasteiger partial charge in [0.25, 0.3) is 0 Å². The lowest BCUT2D eigenvalue weighted by molar-refractivity contribution is 0.805. The number of aromatic nitrogens is 1. The molecule has 0 amide bonds. The van der Waals surface area contributed by atoms with Crippen molar-refractivity contribution >= 4 is 28.2 Å². The van der Waals surface area contributed by atoms with Crippen LogP contribution in [0.1, 0.15) is 6.92 Å². The van der Waals surface area contributed by atoms with Gasteiger partial charge < -0.3 is 11.1 Å². The van der Waals surface area contributed by atoms with Gasteiger partial charge in [-0.05, 0) is 25.1 Å². The highest BCUT2D eigenvalue weighted by molar-refractivity contribution is 6.31. The predicted molar refractivity (Wildman–Crippen MR) is 68.9 cm³/mol.